The maximum atomic E-state index is 12.0. The summed E-state index contributed by atoms with van der Waals surface area (Å²) in [6.07, 6.45) is 4.62. The second-order valence-electron chi connectivity index (χ2n) is 7.05. The van der Waals surface area contributed by atoms with Crippen LogP contribution in [0.2, 0.25) is 5.02 Å². The van der Waals surface area contributed by atoms with Crippen LogP contribution < -0.4 is 15.8 Å². The molecule has 0 radical (unpaired) electrons. The molecule has 0 saturated heterocycles. The van der Waals surface area contributed by atoms with Gasteiger partial charge in [-0.05, 0) is 67.9 Å². The highest BCUT2D eigenvalue weighted by atomic mass is 35.5. The molecule has 1 aliphatic carbocycles. The summed E-state index contributed by atoms with van der Waals surface area (Å²) in [6, 6.07) is 7.32. The molecule has 2 aromatic rings. The van der Waals surface area contributed by atoms with Crippen LogP contribution in [0.3, 0.4) is 0 Å². The highest BCUT2D eigenvalue weighted by molar-refractivity contribution is 7.16. The average Bonchev–Trinajstić information content (AvgIpc) is 2.97. The Labute approximate surface area is 169 Å². The minimum absolute atomic E-state index is 0.358. The molecule has 0 spiro atoms. The van der Waals surface area contributed by atoms with Crippen molar-refractivity contribution in [3.05, 3.63) is 57.6 Å². The molecule has 0 aliphatic heterocycles. The molecule has 0 saturated carbocycles. The maximum absolute atomic E-state index is 12.0. The predicted molar refractivity (Wildman–Crippen MR) is 113 cm³/mol. The van der Waals surface area contributed by atoms with Gasteiger partial charge in [-0.1, -0.05) is 25.1 Å². The molecule has 1 amide bonds. The Kier molecular flexibility index (Phi) is 6.45. The summed E-state index contributed by atoms with van der Waals surface area (Å²) in [5, 5.41) is 4.85. The summed E-state index contributed by atoms with van der Waals surface area (Å²) >= 11 is 7.51. The highest BCUT2D eigenvalue weighted by Gasteiger charge is 2.26. The van der Waals surface area contributed by atoms with Gasteiger partial charge in [-0.2, -0.15) is 0 Å². The fourth-order valence-electron chi connectivity index (χ4n) is 3.33. The number of hydrogen-bond acceptors (Lipinski definition) is 4. The first-order valence-electron chi connectivity index (χ1n) is 9.21. The van der Waals surface area contributed by atoms with Crippen molar-refractivity contribution in [3.8, 4) is 5.75 Å². The van der Waals surface area contributed by atoms with Crippen LogP contribution in [0.1, 0.15) is 47.0 Å². The van der Waals surface area contributed by atoms with Gasteiger partial charge in [0.1, 0.15) is 10.8 Å². The third-order valence-corrected chi connectivity index (χ3v) is 6.18. The quantitative estimate of drug-likeness (QED) is 0.578. The van der Waals surface area contributed by atoms with E-state index in [1.807, 2.05) is 24.3 Å². The van der Waals surface area contributed by atoms with E-state index in [2.05, 4.69) is 18.8 Å². The fraction of sp³-hybridized carbons (Fsp3) is 0.381. The van der Waals surface area contributed by atoms with Crippen molar-refractivity contribution in [2.45, 2.75) is 39.0 Å². The van der Waals surface area contributed by atoms with Crippen molar-refractivity contribution in [1.29, 1.82) is 0 Å². The van der Waals surface area contributed by atoms with Crippen LogP contribution in [0, 0.1) is 5.92 Å². The number of primary amides is 1. The van der Waals surface area contributed by atoms with Gasteiger partial charge in [-0.3, -0.25) is 4.79 Å². The molecule has 1 aromatic carbocycles. The van der Waals surface area contributed by atoms with Gasteiger partial charge in [-0.15, -0.1) is 11.3 Å². The maximum Gasteiger partial charge on any atom is 0.251 e. The second kappa shape index (κ2) is 8.81. The zero-order chi connectivity index (χ0) is 19.4. The molecule has 0 fully saturated rings. The lowest BCUT2D eigenvalue weighted by atomic mass is 9.88. The summed E-state index contributed by atoms with van der Waals surface area (Å²) in [7, 11) is 0. The normalized spacial score (nSPS) is 15.9. The summed E-state index contributed by atoms with van der Waals surface area (Å²) in [5.41, 5.74) is 8.31. The Morgan fingerprint density at radius 3 is 2.85 bits per heavy atom. The van der Waals surface area contributed by atoms with Crippen LogP contribution in [-0.2, 0) is 12.8 Å². The van der Waals surface area contributed by atoms with Crippen molar-refractivity contribution >= 4 is 33.8 Å². The van der Waals surface area contributed by atoms with Crippen LogP contribution in [0.15, 0.2) is 36.5 Å². The van der Waals surface area contributed by atoms with Gasteiger partial charge >= 0.3 is 0 Å². The Hall–Kier alpha value is -1.98. The van der Waals surface area contributed by atoms with E-state index >= 15 is 0 Å². The molecular weight excluding hydrogens is 380 g/mol. The average molecular weight is 405 g/mol. The number of ether oxygens (including phenoxy) is 1. The van der Waals surface area contributed by atoms with E-state index in [-0.39, 0.29) is 5.91 Å². The zero-order valence-corrected chi connectivity index (χ0v) is 17.1. The molecule has 1 aromatic heterocycles. The largest absolute Gasteiger partial charge is 0.494 e. The van der Waals surface area contributed by atoms with Crippen LogP contribution in [0.4, 0.5) is 5.00 Å². The van der Waals surface area contributed by atoms with Gasteiger partial charge in [0.05, 0.1) is 12.2 Å². The Morgan fingerprint density at radius 1 is 1.41 bits per heavy atom. The molecular formula is C21H25ClN2O2S. The van der Waals surface area contributed by atoms with Crippen LogP contribution in [-0.4, -0.2) is 12.5 Å². The van der Waals surface area contributed by atoms with Crippen molar-refractivity contribution < 1.29 is 9.53 Å². The number of nitrogens with one attached hydrogen (secondary N) is 1. The number of rotatable bonds is 8. The first-order chi connectivity index (χ1) is 12.9. The number of halogens is 1. The summed E-state index contributed by atoms with van der Waals surface area (Å²) in [5.74, 6) is 1.09. The number of allylic oxidation sites excluding steroid dienone is 1. The zero-order valence-electron chi connectivity index (χ0n) is 15.5. The van der Waals surface area contributed by atoms with E-state index in [4.69, 9.17) is 22.1 Å². The molecule has 3 N–H and O–H groups in total. The molecule has 1 heterocycles. The van der Waals surface area contributed by atoms with E-state index in [9.17, 15) is 4.79 Å². The second-order valence-corrected chi connectivity index (χ2v) is 8.60. The van der Waals surface area contributed by atoms with E-state index in [1.54, 1.807) is 11.3 Å². The third-order valence-electron chi connectivity index (χ3n) is 4.75. The number of carbonyl (C=O) groups excluding carboxylic acids is 1. The summed E-state index contributed by atoms with van der Waals surface area (Å²) in [4.78, 5) is 13.3. The molecule has 1 unspecified atom stereocenters. The lowest BCUT2D eigenvalue weighted by molar-refractivity contribution is 0.1000. The number of anilines is 1. The number of thiophene rings is 1. The first kappa shape index (κ1) is 19.8. The van der Waals surface area contributed by atoms with Gasteiger partial charge in [0, 0.05) is 15.6 Å². The Morgan fingerprint density at radius 2 is 2.15 bits per heavy atom. The number of amides is 1. The van der Waals surface area contributed by atoms with E-state index in [0.29, 0.717) is 23.1 Å². The van der Waals surface area contributed by atoms with Gasteiger partial charge in [0.15, 0.2) is 0 Å². The summed E-state index contributed by atoms with van der Waals surface area (Å²) < 4.78 is 5.70. The SMILES string of the molecule is C=C(CCCOc1ccc(Cl)cc1)Nc1sc2c(c1C(N)=O)CCC(C)C2. The topological polar surface area (TPSA) is 64.3 Å². The van der Waals surface area contributed by atoms with Crippen molar-refractivity contribution in [3.63, 3.8) is 0 Å². The molecule has 1 aliphatic rings. The summed E-state index contributed by atoms with van der Waals surface area (Å²) in [6.45, 7) is 6.93. The number of benzene rings is 1. The minimum atomic E-state index is -0.358. The molecule has 1 atom stereocenters. The van der Waals surface area contributed by atoms with Crippen LogP contribution in [0.5, 0.6) is 5.75 Å². The van der Waals surface area contributed by atoms with Gasteiger partial charge in [0.2, 0.25) is 0 Å². The minimum Gasteiger partial charge on any atom is -0.494 e. The smallest absolute Gasteiger partial charge is 0.251 e. The van der Waals surface area contributed by atoms with Crippen molar-refractivity contribution in [2.75, 3.05) is 11.9 Å². The van der Waals surface area contributed by atoms with Crippen LogP contribution >= 0.6 is 22.9 Å². The number of hydrogen-bond donors (Lipinski definition) is 2. The Bertz CT molecular complexity index is 829. The lowest BCUT2D eigenvalue weighted by Gasteiger charge is -2.18. The van der Waals surface area contributed by atoms with Crippen molar-refractivity contribution in [2.24, 2.45) is 11.7 Å². The standard InChI is InChI=1S/C21H25ClN2O2S/c1-13-5-10-17-18(12-13)27-21(19(17)20(23)25)24-14(2)4-3-11-26-16-8-6-15(22)7-9-16/h6-9,13,24H,2-5,10-12H2,1H3,(H2,23,25). The molecule has 4 nitrogen and oxygen atoms in total. The highest BCUT2D eigenvalue weighted by Crippen LogP contribution is 2.40. The molecule has 3 rings (SSSR count). The third kappa shape index (κ3) is 5.05. The van der Waals surface area contributed by atoms with Gasteiger partial charge in [0.25, 0.3) is 5.91 Å². The van der Waals surface area contributed by atoms with Gasteiger partial charge < -0.3 is 15.8 Å². The fourth-order valence-corrected chi connectivity index (χ4v) is 4.92. The van der Waals surface area contributed by atoms with Crippen molar-refractivity contribution in [1.82, 2.24) is 0 Å². The molecule has 0 bridgehead atoms. The number of nitrogens with two attached hydrogens (primary N) is 1. The van der Waals surface area contributed by atoms with E-state index < -0.39 is 0 Å². The predicted octanol–water partition coefficient (Wildman–Crippen LogP) is 5.41. The Balaban J connectivity index is 1.54. The first-order valence-corrected chi connectivity index (χ1v) is 10.4. The van der Waals surface area contributed by atoms with Crippen LogP contribution in [0.25, 0.3) is 0 Å². The van der Waals surface area contributed by atoms with E-state index in [0.717, 1.165) is 54.1 Å². The van der Waals surface area contributed by atoms with E-state index in [1.165, 1.54) is 4.88 Å². The molecule has 27 heavy (non-hydrogen) atoms. The number of fused-ring (bicyclic) bond motifs is 1. The van der Waals surface area contributed by atoms with Gasteiger partial charge in [-0.25, -0.2) is 0 Å². The molecule has 6 heteroatoms. The lowest BCUT2D eigenvalue weighted by Crippen LogP contribution is -2.17. The number of carbonyl (C=O) groups is 1. The monoisotopic (exact) mass is 404 g/mol. The molecule has 144 valence electrons.